The molecular weight excluding hydrogens is 512 g/mol. The van der Waals surface area contributed by atoms with Gasteiger partial charge in [0.2, 0.25) is 0 Å². The largest absolute Gasteiger partial charge is 0.444 e. The van der Waals surface area contributed by atoms with Crippen molar-refractivity contribution in [2.24, 2.45) is 0 Å². The summed E-state index contributed by atoms with van der Waals surface area (Å²) in [5, 5.41) is 3.03. The van der Waals surface area contributed by atoms with Crippen molar-refractivity contribution in [1.82, 2.24) is 24.6 Å². The Hall–Kier alpha value is -3.92. The number of thiophene rings is 1. The summed E-state index contributed by atoms with van der Waals surface area (Å²) in [5.74, 6) is -0.173. The number of hydrogen-bond donors (Lipinski definition) is 1. The summed E-state index contributed by atoms with van der Waals surface area (Å²) >= 11 is 1.69. The van der Waals surface area contributed by atoms with Gasteiger partial charge < -0.3 is 19.9 Å². The van der Waals surface area contributed by atoms with Crippen molar-refractivity contribution >= 4 is 34.7 Å². The first-order valence-electron chi connectivity index (χ1n) is 13.1. The topological polar surface area (TPSA) is 92.1 Å². The normalized spacial score (nSPS) is 14.1. The zero-order chi connectivity index (χ0) is 27.7. The lowest BCUT2D eigenvalue weighted by atomic mass is 10.2. The number of fused-ring (bicyclic) bond motifs is 1. The fraction of sp³-hybridized carbons (Fsp3) is 0.379. The van der Waals surface area contributed by atoms with E-state index in [-0.39, 0.29) is 12.0 Å². The van der Waals surface area contributed by atoms with Crippen LogP contribution in [0.3, 0.4) is 0 Å². The number of aromatic nitrogens is 3. The minimum Gasteiger partial charge on any atom is -0.444 e. The highest BCUT2D eigenvalue weighted by Crippen LogP contribution is 2.32. The van der Waals surface area contributed by atoms with E-state index in [2.05, 4.69) is 34.3 Å². The van der Waals surface area contributed by atoms with Gasteiger partial charge in [-0.15, -0.1) is 11.3 Å². The number of ether oxygens (including phenoxy) is 1. The minimum absolute atomic E-state index is 0.173. The quantitative estimate of drug-likeness (QED) is 0.376. The Balaban J connectivity index is 1.43. The molecule has 2 amide bonds. The Morgan fingerprint density at radius 1 is 1.03 bits per heavy atom. The highest BCUT2D eigenvalue weighted by molar-refractivity contribution is 7.15. The van der Waals surface area contributed by atoms with Crippen molar-refractivity contribution < 1.29 is 14.3 Å². The molecule has 5 rings (SSSR count). The smallest absolute Gasteiger partial charge is 0.410 e. The van der Waals surface area contributed by atoms with Gasteiger partial charge in [-0.2, -0.15) is 0 Å². The number of nitrogens with one attached hydrogen (secondary N) is 1. The molecule has 1 aliphatic rings. The average Bonchev–Trinajstić information content (AvgIpc) is 3.52. The predicted molar refractivity (Wildman–Crippen MR) is 153 cm³/mol. The van der Waals surface area contributed by atoms with E-state index in [4.69, 9.17) is 9.72 Å². The van der Waals surface area contributed by atoms with Crippen LogP contribution in [0.2, 0.25) is 0 Å². The lowest BCUT2D eigenvalue weighted by Gasteiger charge is -2.36. The second-order valence-electron chi connectivity index (χ2n) is 10.8. The number of nitrogens with zero attached hydrogens (tertiary/aromatic N) is 5. The summed E-state index contributed by atoms with van der Waals surface area (Å²) in [6.07, 6.45) is 5.19. The van der Waals surface area contributed by atoms with Crippen LogP contribution in [0.4, 0.5) is 10.5 Å². The maximum absolute atomic E-state index is 13.4. The number of carbonyl (C=O) groups is 2. The first kappa shape index (κ1) is 26.7. The van der Waals surface area contributed by atoms with E-state index >= 15 is 0 Å². The number of aryl methyl sites for hydroxylation is 2. The summed E-state index contributed by atoms with van der Waals surface area (Å²) in [6.45, 7) is 12.3. The monoisotopic (exact) mass is 546 g/mol. The van der Waals surface area contributed by atoms with Gasteiger partial charge in [0.1, 0.15) is 5.60 Å². The van der Waals surface area contributed by atoms with Crippen molar-refractivity contribution in [1.29, 1.82) is 0 Å². The van der Waals surface area contributed by atoms with Crippen molar-refractivity contribution in [3.8, 4) is 10.6 Å². The maximum atomic E-state index is 13.4. The van der Waals surface area contributed by atoms with Crippen LogP contribution in [0.25, 0.3) is 16.2 Å². The third-order valence-electron chi connectivity index (χ3n) is 6.54. The van der Waals surface area contributed by atoms with Crippen LogP contribution in [-0.2, 0) is 11.3 Å². The molecule has 10 heteroatoms. The van der Waals surface area contributed by atoms with Crippen LogP contribution in [0.5, 0.6) is 0 Å². The molecule has 4 aromatic rings. The number of anilines is 1. The molecule has 9 nitrogen and oxygen atoms in total. The lowest BCUT2D eigenvalue weighted by Crippen LogP contribution is -2.50. The summed E-state index contributed by atoms with van der Waals surface area (Å²) < 4.78 is 7.56. The van der Waals surface area contributed by atoms with E-state index in [1.54, 1.807) is 22.4 Å². The van der Waals surface area contributed by atoms with Gasteiger partial charge in [0.15, 0.2) is 5.65 Å². The molecule has 0 unspecified atom stereocenters. The number of hydrogen-bond acceptors (Lipinski definition) is 7. The van der Waals surface area contributed by atoms with E-state index < -0.39 is 5.60 Å². The summed E-state index contributed by atoms with van der Waals surface area (Å²) in [7, 11) is 0. The first-order valence-corrected chi connectivity index (χ1v) is 13.9. The molecule has 1 aliphatic heterocycles. The van der Waals surface area contributed by atoms with Crippen LogP contribution in [0, 0.1) is 13.8 Å². The zero-order valence-corrected chi connectivity index (χ0v) is 23.8. The van der Waals surface area contributed by atoms with Gasteiger partial charge in [0.25, 0.3) is 5.91 Å². The lowest BCUT2D eigenvalue weighted by molar-refractivity contribution is 0.0240. The first-order chi connectivity index (χ1) is 18.6. The minimum atomic E-state index is -0.539. The molecule has 0 spiro atoms. The highest BCUT2D eigenvalue weighted by atomic mass is 32.1. The summed E-state index contributed by atoms with van der Waals surface area (Å²) in [6, 6.07) is 9.97. The SMILES string of the molecule is Cc1ccc(CNC(=O)c2cc(N3CCN(C(=O)OC(C)(C)C)CC3)c3ncc(-c4ccc(C)s4)n3c2)cn1. The Morgan fingerprint density at radius 2 is 1.79 bits per heavy atom. The van der Waals surface area contributed by atoms with E-state index in [0.717, 1.165) is 33.2 Å². The van der Waals surface area contributed by atoms with E-state index in [1.165, 1.54) is 4.88 Å². The molecule has 1 fully saturated rings. The third kappa shape index (κ3) is 6.06. The fourth-order valence-electron chi connectivity index (χ4n) is 4.52. The van der Waals surface area contributed by atoms with E-state index in [9.17, 15) is 9.59 Å². The molecule has 4 aromatic heterocycles. The van der Waals surface area contributed by atoms with Gasteiger partial charge >= 0.3 is 6.09 Å². The number of pyridine rings is 2. The number of carbonyl (C=O) groups excluding carboxylic acids is 2. The van der Waals surface area contributed by atoms with Gasteiger partial charge in [0, 0.05) is 55.7 Å². The van der Waals surface area contributed by atoms with Gasteiger partial charge in [-0.25, -0.2) is 9.78 Å². The molecule has 1 saturated heterocycles. The van der Waals surface area contributed by atoms with Gasteiger partial charge in [0.05, 0.1) is 28.0 Å². The van der Waals surface area contributed by atoms with E-state index in [0.29, 0.717) is 38.3 Å². The molecule has 204 valence electrons. The van der Waals surface area contributed by atoms with Gasteiger partial charge in [-0.05, 0) is 64.4 Å². The second kappa shape index (κ2) is 10.7. The van der Waals surface area contributed by atoms with Crippen molar-refractivity contribution in [2.75, 3.05) is 31.1 Å². The highest BCUT2D eigenvalue weighted by Gasteiger charge is 2.28. The summed E-state index contributed by atoms with van der Waals surface area (Å²) in [4.78, 5) is 41.3. The Bertz CT molecular complexity index is 1490. The van der Waals surface area contributed by atoms with Crippen LogP contribution < -0.4 is 10.2 Å². The maximum Gasteiger partial charge on any atom is 0.410 e. The molecule has 0 atom stereocenters. The predicted octanol–water partition coefficient (Wildman–Crippen LogP) is 5.06. The molecule has 0 saturated carbocycles. The number of imidazole rings is 1. The van der Waals surface area contributed by atoms with Gasteiger partial charge in [-0.1, -0.05) is 6.07 Å². The molecule has 0 bridgehead atoms. The van der Waals surface area contributed by atoms with E-state index in [1.807, 2.05) is 62.7 Å². The molecule has 5 heterocycles. The molecule has 0 aliphatic carbocycles. The fourth-order valence-corrected chi connectivity index (χ4v) is 5.40. The van der Waals surface area contributed by atoms with Crippen LogP contribution in [0.15, 0.2) is 48.9 Å². The van der Waals surface area contributed by atoms with Crippen LogP contribution in [-0.4, -0.2) is 63.0 Å². The number of amides is 2. The molecule has 0 radical (unpaired) electrons. The zero-order valence-electron chi connectivity index (χ0n) is 23.0. The standard InChI is InChI=1S/C29H34N6O3S/c1-19-6-8-21(15-30-19)16-32-27(36)22-14-23(33-10-12-34(13-11-33)28(37)38-29(3,4)5)26-31-17-24(35(26)18-22)25-9-7-20(2)39-25/h6-9,14-15,17-18H,10-13,16H2,1-5H3,(H,32,36). The van der Waals surface area contributed by atoms with Crippen molar-refractivity contribution in [3.63, 3.8) is 0 Å². The Morgan fingerprint density at radius 3 is 2.44 bits per heavy atom. The van der Waals surface area contributed by atoms with Crippen LogP contribution in [0.1, 0.15) is 47.3 Å². The Kier molecular flexibility index (Phi) is 7.31. The molecule has 39 heavy (non-hydrogen) atoms. The summed E-state index contributed by atoms with van der Waals surface area (Å²) in [5.41, 5.74) is 4.45. The van der Waals surface area contributed by atoms with Crippen LogP contribution >= 0.6 is 11.3 Å². The number of piperazine rings is 1. The molecule has 0 aromatic carbocycles. The van der Waals surface area contributed by atoms with Gasteiger partial charge in [-0.3, -0.25) is 14.2 Å². The average molecular weight is 547 g/mol. The Labute approximate surface area is 232 Å². The number of rotatable bonds is 5. The second-order valence-corrected chi connectivity index (χ2v) is 12.1. The third-order valence-corrected chi connectivity index (χ3v) is 7.56. The molecular formula is C29H34N6O3S. The molecule has 1 N–H and O–H groups in total. The van der Waals surface area contributed by atoms with Crippen molar-refractivity contribution in [2.45, 2.75) is 46.8 Å². The van der Waals surface area contributed by atoms with Crippen molar-refractivity contribution in [3.05, 3.63) is 70.6 Å².